The number of benzene rings is 1. The monoisotopic (exact) mass is 260 g/mol. The molecule has 2 heterocycles. The van der Waals surface area contributed by atoms with E-state index in [0.717, 1.165) is 11.3 Å². The fourth-order valence-electron chi connectivity index (χ4n) is 1.85. The zero-order valence-corrected chi connectivity index (χ0v) is 10.3. The summed E-state index contributed by atoms with van der Waals surface area (Å²) in [6, 6.07) is 5.56. The molecule has 0 saturated carbocycles. The van der Waals surface area contributed by atoms with Crippen LogP contribution in [0.3, 0.4) is 0 Å². The van der Waals surface area contributed by atoms with Crippen molar-refractivity contribution in [1.29, 1.82) is 0 Å². The van der Waals surface area contributed by atoms with Crippen molar-refractivity contribution in [2.45, 2.75) is 13.5 Å². The molecule has 0 atom stereocenters. The number of aromatic nitrogens is 1. The topological polar surface area (TPSA) is 73.6 Å². The molecule has 0 unspecified atom stereocenters. The number of aryl methyl sites for hydroxylation is 1. The van der Waals surface area contributed by atoms with E-state index in [2.05, 4.69) is 10.5 Å². The standard InChI is InChI=1S/C13H12N2O4/c1-8-10(6-15-19-8)13(16)14-5-9-2-3-11-12(4-9)18-7-17-11/h2-4,6H,5,7H2,1H3,(H,14,16). The number of rotatable bonds is 3. The fourth-order valence-corrected chi connectivity index (χ4v) is 1.85. The Morgan fingerprint density at radius 2 is 2.21 bits per heavy atom. The van der Waals surface area contributed by atoms with Gasteiger partial charge in [0.1, 0.15) is 11.3 Å². The van der Waals surface area contributed by atoms with E-state index in [9.17, 15) is 4.79 Å². The van der Waals surface area contributed by atoms with Gasteiger partial charge < -0.3 is 19.3 Å². The van der Waals surface area contributed by atoms with Crippen molar-refractivity contribution < 1.29 is 18.8 Å². The number of hydrogen-bond acceptors (Lipinski definition) is 5. The maximum absolute atomic E-state index is 11.9. The lowest BCUT2D eigenvalue weighted by Crippen LogP contribution is -2.22. The van der Waals surface area contributed by atoms with E-state index in [1.54, 1.807) is 6.92 Å². The van der Waals surface area contributed by atoms with E-state index in [0.29, 0.717) is 23.6 Å². The zero-order chi connectivity index (χ0) is 13.2. The molecule has 2 aromatic rings. The quantitative estimate of drug-likeness (QED) is 0.908. The third kappa shape index (κ3) is 2.24. The molecule has 1 N–H and O–H groups in total. The largest absolute Gasteiger partial charge is 0.454 e. The summed E-state index contributed by atoms with van der Waals surface area (Å²) in [6.45, 7) is 2.34. The lowest BCUT2D eigenvalue weighted by atomic mass is 10.2. The van der Waals surface area contributed by atoms with Crippen LogP contribution in [0.15, 0.2) is 28.9 Å². The molecule has 1 aliphatic rings. The Morgan fingerprint density at radius 1 is 1.37 bits per heavy atom. The summed E-state index contributed by atoms with van der Waals surface area (Å²) in [5, 5.41) is 6.37. The summed E-state index contributed by atoms with van der Waals surface area (Å²) < 4.78 is 15.4. The first kappa shape index (κ1) is 11.6. The van der Waals surface area contributed by atoms with Gasteiger partial charge in [0, 0.05) is 6.54 Å². The molecule has 0 saturated heterocycles. The Kier molecular flexibility index (Phi) is 2.83. The molecule has 1 amide bonds. The van der Waals surface area contributed by atoms with Gasteiger partial charge in [0.05, 0.1) is 6.20 Å². The van der Waals surface area contributed by atoms with E-state index in [1.807, 2.05) is 18.2 Å². The molecule has 1 aliphatic heterocycles. The molecule has 6 nitrogen and oxygen atoms in total. The average Bonchev–Trinajstić information content (AvgIpc) is 3.03. The highest BCUT2D eigenvalue weighted by Gasteiger charge is 2.15. The van der Waals surface area contributed by atoms with Gasteiger partial charge in [-0.15, -0.1) is 0 Å². The van der Waals surface area contributed by atoms with Gasteiger partial charge in [0.2, 0.25) is 6.79 Å². The number of nitrogens with zero attached hydrogens (tertiary/aromatic N) is 1. The number of nitrogens with one attached hydrogen (secondary N) is 1. The average molecular weight is 260 g/mol. The van der Waals surface area contributed by atoms with E-state index < -0.39 is 0 Å². The summed E-state index contributed by atoms with van der Waals surface area (Å²) in [5.74, 6) is 1.72. The van der Waals surface area contributed by atoms with Crippen LogP contribution in [0, 0.1) is 6.92 Å². The molecule has 1 aromatic heterocycles. The molecule has 0 spiro atoms. The van der Waals surface area contributed by atoms with Crippen LogP contribution in [0.4, 0.5) is 0 Å². The lowest BCUT2D eigenvalue weighted by molar-refractivity contribution is 0.0949. The van der Waals surface area contributed by atoms with Crippen molar-refractivity contribution in [3.05, 3.63) is 41.3 Å². The Hall–Kier alpha value is -2.50. The second-order valence-electron chi connectivity index (χ2n) is 4.17. The Morgan fingerprint density at radius 3 is 3.00 bits per heavy atom. The number of hydrogen-bond donors (Lipinski definition) is 1. The molecule has 3 rings (SSSR count). The summed E-state index contributed by atoms with van der Waals surface area (Å²) in [6.07, 6.45) is 1.41. The summed E-state index contributed by atoms with van der Waals surface area (Å²) in [5.41, 5.74) is 1.38. The summed E-state index contributed by atoms with van der Waals surface area (Å²) in [7, 11) is 0. The van der Waals surface area contributed by atoms with Crippen LogP contribution in [0.5, 0.6) is 11.5 Å². The first-order valence-electron chi connectivity index (χ1n) is 5.82. The molecular weight excluding hydrogens is 248 g/mol. The van der Waals surface area contributed by atoms with Crippen molar-refractivity contribution in [1.82, 2.24) is 10.5 Å². The van der Waals surface area contributed by atoms with Gasteiger partial charge in [-0.1, -0.05) is 11.2 Å². The van der Waals surface area contributed by atoms with Crippen LogP contribution < -0.4 is 14.8 Å². The number of fused-ring (bicyclic) bond motifs is 1. The smallest absolute Gasteiger partial charge is 0.256 e. The van der Waals surface area contributed by atoms with Crippen LogP contribution >= 0.6 is 0 Å². The van der Waals surface area contributed by atoms with Crippen LogP contribution in [-0.2, 0) is 6.54 Å². The molecule has 0 bridgehead atoms. The Balaban J connectivity index is 1.66. The predicted octanol–water partition coefficient (Wildman–Crippen LogP) is 1.64. The van der Waals surface area contributed by atoms with Crippen molar-refractivity contribution in [3.8, 4) is 11.5 Å². The van der Waals surface area contributed by atoms with Gasteiger partial charge in [-0.25, -0.2) is 0 Å². The second-order valence-corrected chi connectivity index (χ2v) is 4.17. The van der Waals surface area contributed by atoms with Gasteiger partial charge >= 0.3 is 0 Å². The van der Waals surface area contributed by atoms with Crippen LogP contribution in [0.2, 0.25) is 0 Å². The highest BCUT2D eigenvalue weighted by atomic mass is 16.7. The molecule has 19 heavy (non-hydrogen) atoms. The maximum atomic E-state index is 11.9. The molecule has 0 radical (unpaired) electrons. The Labute approximate surface area is 109 Å². The van der Waals surface area contributed by atoms with E-state index >= 15 is 0 Å². The van der Waals surface area contributed by atoms with Crippen LogP contribution in [0.25, 0.3) is 0 Å². The highest BCUT2D eigenvalue weighted by molar-refractivity contribution is 5.94. The third-order valence-electron chi connectivity index (χ3n) is 2.89. The molecule has 1 aromatic carbocycles. The lowest BCUT2D eigenvalue weighted by Gasteiger charge is -2.05. The van der Waals surface area contributed by atoms with Gasteiger partial charge in [-0.3, -0.25) is 4.79 Å². The van der Waals surface area contributed by atoms with E-state index in [1.165, 1.54) is 6.20 Å². The minimum Gasteiger partial charge on any atom is -0.454 e. The highest BCUT2D eigenvalue weighted by Crippen LogP contribution is 2.32. The van der Waals surface area contributed by atoms with Crippen LogP contribution in [0.1, 0.15) is 21.7 Å². The third-order valence-corrected chi connectivity index (χ3v) is 2.89. The number of ether oxygens (including phenoxy) is 2. The molecule has 98 valence electrons. The number of amides is 1. The van der Waals surface area contributed by atoms with Gasteiger partial charge in [-0.2, -0.15) is 0 Å². The maximum Gasteiger partial charge on any atom is 0.256 e. The van der Waals surface area contributed by atoms with Crippen molar-refractivity contribution in [2.75, 3.05) is 6.79 Å². The van der Waals surface area contributed by atoms with Crippen molar-refractivity contribution in [3.63, 3.8) is 0 Å². The summed E-state index contributed by atoms with van der Waals surface area (Å²) in [4.78, 5) is 11.9. The zero-order valence-electron chi connectivity index (χ0n) is 10.3. The molecule has 0 fully saturated rings. The second kappa shape index (κ2) is 4.64. The Bertz CT molecular complexity index is 621. The van der Waals surface area contributed by atoms with Crippen molar-refractivity contribution >= 4 is 5.91 Å². The minimum atomic E-state index is -0.212. The molecule has 6 heteroatoms. The molecule has 0 aliphatic carbocycles. The number of carbonyl (C=O) groups is 1. The first-order valence-corrected chi connectivity index (χ1v) is 5.82. The SMILES string of the molecule is Cc1oncc1C(=O)NCc1ccc2c(c1)OCO2. The predicted molar refractivity (Wildman–Crippen MR) is 65.0 cm³/mol. The first-order chi connectivity index (χ1) is 9.24. The van der Waals surface area contributed by atoms with Gasteiger partial charge in [0.15, 0.2) is 11.5 Å². The van der Waals surface area contributed by atoms with E-state index in [4.69, 9.17) is 14.0 Å². The minimum absolute atomic E-state index is 0.212. The normalized spacial score (nSPS) is 12.5. The van der Waals surface area contributed by atoms with Gasteiger partial charge in [0.25, 0.3) is 5.91 Å². The van der Waals surface area contributed by atoms with Crippen molar-refractivity contribution in [2.24, 2.45) is 0 Å². The number of carbonyl (C=O) groups excluding carboxylic acids is 1. The fraction of sp³-hybridized carbons (Fsp3) is 0.231. The van der Waals surface area contributed by atoms with Crippen LogP contribution in [-0.4, -0.2) is 17.9 Å². The summed E-state index contributed by atoms with van der Waals surface area (Å²) >= 11 is 0. The molecular formula is C13H12N2O4. The van der Waals surface area contributed by atoms with Gasteiger partial charge in [-0.05, 0) is 24.6 Å². The van der Waals surface area contributed by atoms with E-state index in [-0.39, 0.29) is 12.7 Å².